The van der Waals surface area contributed by atoms with E-state index in [4.69, 9.17) is 34.8 Å². The lowest BCUT2D eigenvalue weighted by Gasteiger charge is -2.07. The minimum Gasteiger partial charge on any atom is -0.137 e. The molecule has 5 heteroatoms. The molecule has 0 aromatic carbocycles. The van der Waals surface area contributed by atoms with E-state index < -0.39 is 0 Å². The van der Waals surface area contributed by atoms with Gasteiger partial charge in [0.15, 0.2) is 10.3 Å². The second kappa shape index (κ2) is 4.99. The predicted molar refractivity (Wildman–Crippen MR) is 55.6 cm³/mol. The molecule has 0 saturated heterocycles. The maximum atomic E-state index is 5.82. The molecule has 0 aliphatic carbocycles. The summed E-state index contributed by atoms with van der Waals surface area (Å²) in [6, 6.07) is 1.72. The first-order valence-corrected chi connectivity index (χ1v) is 5.16. The lowest BCUT2D eigenvalue weighted by molar-refractivity contribution is 0.651. The summed E-state index contributed by atoms with van der Waals surface area (Å²) in [6.07, 6.45) is 0.775. The molecular weight excluding hydrogens is 230 g/mol. The highest BCUT2D eigenvalue weighted by Gasteiger charge is 2.08. The molecule has 0 aliphatic heterocycles. The van der Waals surface area contributed by atoms with Crippen molar-refractivity contribution >= 4 is 34.8 Å². The smallest absolute Gasteiger partial charge is 0.137 e. The van der Waals surface area contributed by atoms with Crippen molar-refractivity contribution in [1.29, 1.82) is 0 Å². The molecule has 0 spiro atoms. The lowest BCUT2D eigenvalue weighted by Crippen LogP contribution is -2.03. The number of rotatable bonds is 3. The quantitative estimate of drug-likeness (QED) is 0.757. The summed E-state index contributed by atoms with van der Waals surface area (Å²) in [5.41, 5.74) is 0.898. The van der Waals surface area contributed by atoms with Crippen LogP contribution in [0.2, 0.25) is 10.3 Å². The Balaban J connectivity index is 2.81. The van der Waals surface area contributed by atoms with Gasteiger partial charge in [0.2, 0.25) is 0 Å². The summed E-state index contributed by atoms with van der Waals surface area (Å²) in [7, 11) is 0. The van der Waals surface area contributed by atoms with Crippen molar-refractivity contribution in [3.8, 4) is 0 Å². The average molecular weight is 240 g/mol. The predicted octanol–water partition coefficient (Wildman–Crippen LogP) is 3.20. The normalized spacial score (nSPS) is 12.9. The number of aromatic nitrogens is 2. The van der Waals surface area contributed by atoms with E-state index in [9.17, 15) is 0 Å². The third kappa shape index (κ3) is 3.29. The first-order chi connectivity index (χ1) is 6.13. The Labute approximate surface area is 92.2 Å². The molecule has 0 saturated carbocycles. The van der Waals surface area contributed by atoms with Gasteiger partial charge in [-0.1, -0.05) is 30.1 Å². The van der Waals surface area contributed by atoms with Crippen LogP contribution in [0.1, 0.15) is 12.5 Å². The average Bonchev–Trinajstić information content (AvgIpc) is 2.11. The highest BCUT2D eigenvalue weighted by Crippen LogP contribution is 2.19. The number of alkyl halides is 1. The van der Waals surface area contributed by atoms with Crippen LogP contribution >= 0.6 is 34.8 Å². The van der Waals surface area contributed by atoms with Crippen LogP contribution < -0.4 is 0 Å². The van der Waals surface area contributed by atoms with Gasteiger partial charge >= 0.3 is 0 Å². The van der Waals surface area contributed by atoms with E-state index in [1.54, 1.807) is 6.07 Å². The molecule has 1 atom stereocenters. The maximum absolute atomic E-state index is 5.82. The fourth-order valence-corrected chi connectivity index (χ4v) is 1.41. The third-order valence-electron chi connectivity index (χ3n) is 1.62. The van der Waals surface area contributed by atoms with Gasteiger partial charge in [-0.25, -0.2) is 0 Å². The molecule has 0 bridgehead atoms. The minimum atomic E-state index is 0.361. The van der Waals surface area contributed by atoms with E-state index in [2.05, 4.69) is 10.2 Å². The van der Waals surface area contributed by atoms with E-state index in [0.717, 1.165) is 12.0 Å². The number of hydrogen-bond donors (Lipinski definition) is 0. The van der Waals surface area contributed by atoms with Crippen molar-refractivity contribution in [3.05, 3.63) is 21.9 Å². The minimum absolute atomic E-state index is 0.361. The van der Waals surface area contributed by atoms with Crippen molar-refractivity contribution < 1.29 is 0 Å². The topological polar surface area (TPSA) is 25.8 Å². The van der Waals surface area contributed by atoms with Gasteiger partial charge in [0.25, 0.3) is 0 Å². The second-order valence-corrected chi connectivity index (χ2v) is 4.00. The Kier molecular flexibility index (Phi) is 4.23. The van der Waals surface area contributed by atoms with Crippen LogP contribution in [0.3, 0.4) is 0 Å². The van der Waals surface area contributed by atoms with Crippen LogP contribution in [0.4, 0.5) is 0 Å². The fraction of sp³-hybridized carbons (Fsp3) is 0.500. The van der Waals surface area contributed by atoms with Crippen LogP contribution in [-0.4, -0.2) is 16.1 Å². The van der Waals surface area contributed by atoms with E-state index in [1.807, 2.05) is 6.92 Å². The SMILES string of the molecule is CC(CCl)Cc1cc(Cl)nnc1Cl. The van der Waals surface area contributed by atoms with Crippen molar-refractivity contribution in [2.24, 2.45) is 5.92 Å². The molecule has 1 aromatic rings. The molecule has 0 N–H and O–H groups in total. The molecule has 1 heterocycles. The van der Waals surface area contributed by atoms with Crippen molar-refractivity contribution in [2.75, 3.05) is 5.88 Å². The third-order valence-corrected chi connectivity index (χ3v) is 2.65. The van der Waals surface area contributed by atoms with Crippen molar-refractivity contribution in [2.45, 2.75) is 13.3 Å². The number of hydrogen-bond acceptors (Lipinski definition) is 2. The van der Waals surface area contributed by atoms with E-state index in [0.29, 0.717) is 22.1 Å². The van der Waals surface area contributed by atoms with Gasteiger partial charge in [0, 0.05) is 5.88 Å². The summed E-state index contributed by atoms with van der Waals surface area (Å²) in [5.74, 6) is 0.954. The Morgan fingerprint density at radius 3 is 2.69 bits per heavy atom. The Bertz CT molecular complexity index is 291. The molecule has 1 unspecified atom stereocenters. The van der Waals surface area contributed by atoms with Gasteiger partial charge in [-0.2, -0.15) is 0 Å². The summed E-state index contributed by atoms with van der Waals surface area (Å²) in [6.45, 7) is 2.04. The first-order valence-electron chi connectivity index (χ1n) is 3.87. The zero-order valence-electron chi connectivity index (χ0n) is 7.10. The second-order valence-electron chi connectivity index (χ2n) is 2.95. The van der Waals surface area contributed by atoms with E-state index in [-0.39, 0.29) is 0 Å². The van der Waals surface area contributed by atoms with Crippen LogP contribution in [0.25, 0.3) is 0 Å². The van der Waals surface area contributed by atoms with Crippen LogP contribution in [0.15, 0.2) is 6.07 Å². The van der Waals surface area contributed by atoms with Gasteiger partial charge in [-0.3, -0.25) is 0 Å². The Hall–Kier alpha value is -0.0500. The standard InChI is InChI=1S/C8H9Cl3N2/c1-5(4-9)2-6-3-7(10)12-13-8(6)11/h3,5H,2,4H2,1H3. The summed E-state index contributed by atoms with van der Waals surface area (Å²) in [5, 5.41) is 8.10. The molecule has 0 amide bonds. The largest absolute Gasteiger partial charge is 0.155 e. The van der Waals surface area contributed by atoms with Crippen LogP contribution in [-0.2, 0) is 6.42 Å². The van der Waals surface area contributed by atoms with Crippen LogP contribution in [0, 0.1) is 5.92 Å². The zero-order valence-corrected chi connectivity index (χ0v) is 9.37. The van der Waals surface area contributed by atoms with Gasteiger partial charge in [-0.05, 0) is 24.0 Å². The van der Waals surface area contributed by atoms with E-state index in [1.165, 1.54) is 0 Å². The van der Waals surface area contributed by atoms with Crippen molar-refractivity contribution in [3.63, 3.8) is 0 Å². The molecule has 0 fully saturated rings. The van der Waals surface area contributed by atoms with Gasteiger partial charge in [-0.15, -0.1) is 21.8 Å². The Morgan fingerprint density at radius 2 is 2.08 bits per heavy atom. The summed E-state index contributed by atoms with van der Waals surface area (Å²) >= 11 is 17.2. The van der Waals surface area contributed by atoms with Gasteiger partial charge < -0.3 is 0 Å². The molecular formula is C8H9Cl3N2. The molecule has 13 heavy (non-hydrogen) atoms. The molecule has 2 nitrogen and oxygen atoms in total. The molecule has 72 valence electrons. The highest BCUT2D eigenvalue weighted by molar-refractivity contribution is 6.31. The maximum Gasteiger partial charge on any atom is 0.155 e. The molecule has 0 aliphatic rings. The number of halogens is 3. The molecule has 1 aromatic heterocycles. The van der Waals surface area contributed by atoms with Gasteiger partial charge in [0.1, 0.15) is 0 Å². The summed E-state index contributed by atoms with van der Waals surface area (Å²) in [4.78, 5) is 0. The van der Waals surface area contributed by atoms with Crippen molar-refractivity contribution in [1.82, 2.24) is 10.2 Å². The van der Waals surface area contributed by atoms with Gasteiger partial charge in [0.05, 0.1) is 0 Å². The lowest BCUT2D eigenvalue weighted by atomic mass is 10.1. The summed E-state index contributed by atoms with van der Waals surface area (Å²) < 4.78 is 0. The molecule has 0 radical (unpaired) electrons. The van der Waals surface area contributed by atoms with Crippen LogP contribution in [0.5, 0.6) is 0 Å². The highest BCUT2D eigenvalue weighted by atomic mass is 35.5. The fourth-order valence-electron chi connectivity index (χ4n) is 0.961. The first kappa shape index (κ1) is 11.0. The molecule has 1 rings (SSSR count). The van der Waals surface area contributed by atoms with E-state index >= 15 is 0 Å². The Morgan fingerprint density at radius 1 is 1.38 bits per heavy atom. The monoisotopic (exact) mass is 238 g/mol. The zero-order chi connectivity index (χ0) is 9.84. The number of nitrogens with zero attached hydrogens (tertiary/aromatic N) is 2.